The van der Waals surface area contributed by atoms with Gasteiger partial charge < -0.3 is 10.1 Å². The van der Waals surface area contributed by atoms with Crippen LogP contribution in [0.4, 0.5) is 5.69 Å². The molecule has 104 valence electrons. The van der Waals surface area contributed by atoms with Crippen molar-refractivity contribution in [1.29, 1.82) is 0 Å². The molecule has 1 aromatic carbocycles. The molecular formula is C13H12IN3O3. The number of rotatable bonds is 4. The Balaban J connectivity index is 2.03. The molecule has 1 amide bonds. The highest BCUT2D eigenvalue weighted by Crippen LogP contribution is 2.11. The van der Waals surface area contributed by atoms with Crippen LogP contribution in [0.5, 0.6) is 0 Å². The second kappa shape index (κ2) is 6.51. The summed E-state index contributed by atoms with van der Waals surface area (Å²) in [5.74, 6) is -0.621. The molecule has 0 atom stereocenters. The molecule has 2 rings (SSSR count). The highest BCUT2D eigenvalue weighted by molar-refractivity contribution is 14.1. The molecule has 0 radical (unpaired) electrons. The number of carbonyl (C=O) groups excluding carboxylic acids is 2. The molecule has 0 aliphatic heterocycles. The maximum Gasteiger partial charge on any atom is 0.327 e. The first kappa shape index (κ1) is 14.5. The number of ether oxygens (including phenoxy) is 1. The Morgan fingerprint density at radius 2 is 2.25 bits per heavy atom. The fourth-order valence-corrected chi connectivity index (χ4v) is 2.09. The van der Waals surface area contributed by atoms with Gasteiger partial charge in [0.15, 0.2) is 0 Å². The normalized spacial score (nSPS) is 10.1. The van der Waals surface area contributed by atoms with Crippen LogP contribution in [0.3, 0.4) is 0 Å². The van der Waals surface area contributed by atoms with Crippen LogP contribution in [-0.2, 0) is 16.1 Å². The highest BCUT2D eigenvalue weighted by atomic mass is 127. The number of hydrogen-bond donors (Lipinski definition) is 1. The molecule has 1 aromatic heterocycles. The number of halogens is 1. The molecule has 0 unspecified atom stereocenters. The molecule has 7 heteroatoms. The van der Waals surface area contributed by atoms with Crippen LogP contribution in [0.25, 0.3) is 0 Å². The average molecular weight is 385 g/mol. The predicted octanol–water partition coefficient (Wildman–Crippen LogP) is 1.91. The summed E-state index contributed by atoms with van der Waals surface area (Å²) in [5.41, 5.74) is 1.09. The van der Waals surface area contributed by atoms with Crippen LogP contribution in [0.15, 0.2) is 36.7 Å². The van der Waals surface area contributed by atoms with Gasteiger partial charge in [-0.1, -0.05) is 6.07 Å². The fourth-order valence-electron chi connectivity index (χ4n) is 1.54. The van der Waals surface area contributed by atoms with Gasteiger partial charge in [0.05, 0.1) is 19.0 Å². The van der Waals surface area contributed by atoms with Crippen molar-refractivity contribution in [3.8, 4) is 0 Å². The quantitative estimate of drug-likeness (QED) is 0.645. The van der Waals surface area contributed by atoms with E-state index in [-0.39, 0.29) is 12.5 Å². The van der Waals surface area contributed by atoms with E-state index in [9.17, 15) is 9.59 Å². The van der Waals surface area contributed by atoms with E-state index in [2.05, 4.69) is 37.7 Å². The number of amides is 1. The number of nitrogens with one attached hydrogen (secondary N) is 1. The van der Waals surface area contributed by atoms with Gasteiger partial charge >= 0.3 is 5.97 Å². The number of esters is 1. The smallest absolute Gasteiger partial charge is 0.327 e. The molecule has 1 N–H and O–H groups in total. The lowest BCUT2D eigenvalue weighted by Gasteiger charge is -2.02. The van der Waals surface area contributed by atoms with Crippen molar-refractivity contribution >= 4 is 40.2 Å². The Kier molecular flexibility index (Phi) is 4.72. The summed E-state index contributed by atoms with van der Waals surface area (Å²) in [4.78, 5) is 23.1. The molecule has 0 spiro atoms. The zero-order valence-electron chi connectivity index (χ0n) is 10.7. The molecule has 0 aliphatic rings. The van der Waals surface area contributed by atoms with E-state index in [1.54, 1.807) is 18.3 Å². The van der Waals surface area contributed by atoms with Crippen LogP contribution in [0.1, 0.15) is 10.4 Å². The number of carbonyl (C=O) groups is 2. The van der Waals surface area contributed by atoms with Gasteiger partial charge in [-0.15, -0.1) is 0 Å². The monoisotopic (exact) mass is 385 g/mol. The summed E-state index contributed by atoms with van der Waals surface area (Å²) in [7, 11) is 1.31. The number of anilines is 1. The Morgan fingerprint density at radius 1 is 1.45 bits per heavy atom. The number of nitrogens with zero attached hydrogens (tertiary/aromatic N) is 2. The number of benzene rings is 1. The first-order valence-electron chi connectivity index (χ1n) is 5.74. The van der Waals surface area contributed by atoms with Gasteiger partial charge in [0.2, 0.25) is 0 Å². The molecule has 6 nitrogen and oxygen atoms in total. The van der Waals surface area contributed by atoms with Gasteiger partial charge in [0.1, 0.15) is 6.54 Å². The maximum absolute atomic E-state index is 12.0. The molecule has 0 aliphatic carbocycles. The summed E-state index contributed by atoms with van der Waals surface area (Å²) in [6.07, 6.45) is 3.05. The Bertz CT molecular complexity index is 639. The van der Waals surface area contributed by atoms with Crippen LogP contribution in [0.2, 0.25) is 0 Å². The van der Waals surface area contributed by atoms with E-state index >= 15 is 0 Å². The molecule has 20 heavy (non-hydrogen) atoms. The summed E-state index contributed by atoms with van der Waals surface area (Å²) < 4.78 is 6.92. The third kappa shape index (κ3) is 3.80. The highest BCUT2D eigenvalue weighted by Gasteiger charge is 2.09. The Hall–Kier alpha value is -1.90. The van der Waals surface area contributed by atoms with E-state index in [1.165, 1.54) is 18.0 Å². The topological polar surface area (TPSA) is 73.2 Å². The minimum Gasteiger partial charge on any atom is -0.468 e. The SMILES string of the molecule is COC(=O)Cn1cc(NC(=O)c2cccc(I)c2)cn1. The van der Waals surface area contributed by atoms with Crippen LogP contribution >= 0.6 is 22.6 Å². The molecule has 0 saturated carbocycles. The van der Waals surface area contributed by atoms with Crippen LogP contribution < -0.4 is 5.32 Å². The third-order valence-electron chi connectivity index (χ3n) is 2.50. The second-order valence-corrected chi connectivity index (χ2v) is 5.21. The van der Waals surface area contributed by atoms with Crippen LogP contribution in [-0.4, -0.2) is 28.8 Å². The van der Waals surface area contributed by atoms with Crippen molar-refractivity contribution in [2.75, 3.05) is 12.4 Å². The molecule has 2 aromatic rings. The summed E-state index contributed by atoms with van der Waals surface area (Å²) in [6, 6.07) is 7.24. The summed E-state index contributed by atoms with van der Waals surface area (Å²) in [5, 5.41) is 6.69. The van der Waals surface area contributed by atoms with Gasteiger partial charge in [-0.2, -0.15) is 5.10 Å². The lowest BCUT2D eigenvalue weighted by Crippen LogP contribution is -2.13. The van der Waals surface area contributed by atoms with Gasteiger partial charge in [0.25, 0.3) is 5.91 Å². The van der Waals surface area contributed by atoms with Gasteiger partial charge in [-0.25, -0.2) is 0 Å². The molecule has 1 heterocycles. The zero-order chi connectivity index (χ0) is 14.5. The average Bonchev–Trinajstić information content (AvgIpc) is 2.85. The lowest BCUT2D eigenvalue weighted by atomic mass is 10.2. The van der Waals surface area contributed by atoms with Gasteiger partial charge in [0, 0.05) is 15.3 Å². The van der Waals surface area contributed by atoms with E-state index in [1.807, 2.05) is 12.1 Å². The second-order valence-electron chi connectivity index (χ2n) is 3.97. The van der Waals surface area contributed by atoms with Crippen molar-refractivity contribution in [2.24, 2.45) is 0 Å². The first-order valence-corrected chi connectivity index (χ1v) is 6.82. The van der Waals surface area contributed by atoms with Crippen molar-refractivity contribution in [3.63, 3.8) is 0 Å². The predicted molar refractivity (Wildman–Crippen MR) is 81.4 cm³/mol. The standard InChI is InChI=1S/C13H12IN3O3/c1-20-12(18)8-17-7-11(6-15-17)16-13(19)9-3-2-4-10(14)5-9/h2-7H,8H2,1H3,(H,16,19). The number of aromatic nitrogens is 2. The van der Waals surface area contributed by atoms with E-state index in [0.717, 1.165) is 3.57 Å². The Morgan fingerprint density at radius 3 is 2.95 bits per heavy atom. The fraction of sp³-hybridized carbons (Fsp3) is 0.154. The minimum absolute atomic E-state index is 0.00953. The molecular weight excluding hydrogens is 373 g/mol. The first-order chi connectivity index (χ1) is 9.58. The lowest BCUT2D eigenvalue weighted by molar-refractivity contribution is -0.141. The van der Waals surface area contributed by atoms with Gasteiger partial charge in [-0.3, -0.25) is 14.3 Å². The van der Waals surface area contributed by atoms with Crippen molar-refractivity contribution < 1.29 is 14.3 Å². The van der Waals surface area contributed by atoms with Crippen molar-refractivity contribution in [2.45, 2.75) is 6.54 Å². The third-order valence-corrected chi connectivity index (χ3v) is 3.17. The Labute approximate surface area is 129 Å². The number of methoxy groups -OCH3 is 1. The molecule has 0 fully saturated rings. The van der Waals surface area contributed by atoms with Gasteiger partial charge in [-0.05, 0) is 40.8 Å². The summed E-state index contributed by atoms with van der Waals surface area (Å²) >= 11 is 2.14. The number of hydrogen-bond acceptors (Lipinski definition) is 4. The van der Waals surface area contributed by atoms with Crippen LogP contribution in [0, 0.1) is 3.57 Å². The van der Waals surface area contributed by atoms with E-state index in [0.29, 0.717) is 11.3 Å². The molecule has 0 saturated heterocycles. The van der Waals surface area contributed by atoms with E-state index in [4.69, 9.17) is 0 Å². The summed E-state index contributed by atoms with van der Waals surface area (Å²) in [6.45, 7) is 0.00953. The maximum atomic E-state index is 12.0. The largest absolute Gasteiger partial charge is 0.468 e. The van der Waals surface area contributed by atoms with Crippen molar-refractivity contribution in [3.05, 3.63) is 45.8 Å². The zero-order valence-corrected chi connectivity index (χ0v) is 12.8. The minimum atomic E-state index is -0.399. The molecule has 0 bridgehead atoms. The van der Waals surface area contributed by atoms with E-state index < -0.39 is 5.97 Å². The van der Waals surface area contributed by atoms with Crippen molar-refractivity contribution in [1.82, 2.24) is 9.78 Å².